The molecule has 0 bridgehead atoms. The number of aryl methyl sites for hydroxylation is 1. The van der Waals surface area contributed by atoms with E-state index >= 15 is 0 Å². The molecule has 0 aliphatic carbocycles. The number of para-hydroxylation sites is 1. The van der Waals surface area contributed by atoms with E-state index in [-0.39, 0.29) is 5.60 Å². The molecule has 2 aromatic rings. The second kappa shape index (κ2) is 6.32. The Bertz CT molecular complexity index is 620. The van der Waals surface area contributed by atoms with Gasteiger partial charge in [-0.05, 0) is 31.0 Å². The van der Waals surface area contributed by atoms with Gasteiger partial charge in [0.25, 0.3) is 0 Å². The van der Waals surface area contributed by atoms with Gasteiger partial charge >= 0.3 is 0 Å². The van der Waals surface area contributed by atoms with Crippen molar-refractivity contribution in [3.8, 4) is 5.75 Å². The maximum atomic E-state index is 6.01. The highest BCUT2D eigenvalue weighted by Crippen LogP contribution is 2.29. The largest absolute Gasteiger partial charge is 0.490 e. The Labute approximate surface area is 130 Å². The monoisotopic (exact) mass is 299 g/mol. The standard InChI is InChI=1S/C17H21N3O2/c1-14-6-3-4-7-15(14)22-13-17(21-2)8-11-20(12-17)16-18-9-5-10-19-16/h3-7,9-10H,8,11-13H2,1-2H3/t17-/m0/s1. The molecule has 0 N–H and O–H groups in total. The lowest BCUT2D eigenvalue weighted by molar-refractivity contribution is -0.0270. The van der Waals surface area contributed by atoms with Gasteiger partial charge < -0.3 is 14.4 Å². The first-order valence-corrected chi connectivity index (χ1v) is 7.48. The quantitative estimate of drug-likeness (QED) is 0.849. The van der Waals surface area contributed by atoms with Crippen LogP contribution < -0.4 is 9.64 Å². The molecular formula is C17H21N3O2. The Balaban J connectivity index is 1.68. The highest BCUT2D eigenvalue weighted by Gasteiger charge is 2.40. The van der Waals surface area contributed by atoms with E-state index in [1.807, 2.05) is 37.3 Å². The minimum Gasteiger partial charge on any atom is -0.490 e. The molecule has 1 aromatic heterocycles. The van der Waals surface area contributed by atoms with Crippen LogP contribution in [0.1, 0.15) is 12.0 Å². The predicted molar refractivity (Wildman–Crippen MR) is 85.3 cm³/mol. The predicted octanol–water partition coefficient (Wildman–Crippen LogP) is 2.46. The Hall–Kier alpha value is -2.14. The molecule has 0 radical (unpaired) electrons. The number of ether oxygens (including phenoxy) is 2. The van der Waals surface area contributed by atoms with Crippen LogP contribution in [0.15, 0.2) is 42.7 Å². The van der Waals surface area contributed by atoms with Gasteiger partial charge in [-0.25, -0.2) is 9.97 Å². The zero-order chi connectivity index (χ0) is 15.4. The Morgan fingerprint density at radius 2 is 1.95 bits per heavy atom. The highest BCUT2D eigenvalue weighted by molar-refractivity contribution is 5.34. The molecule has 0 spiro atoms. The van der Waals surface area contributed by atoms with Crippen molar-refractivity contribution in [1.82, 2.24) is 9.97 Å². The molecule has 1 saturated heterocycles. The summed E-state index contributed by atoms with van der Waals surface area (Å²) in [5.74, 6) is 1.66. The summed E-state index contributed by atoms with van der Waals surface area (Å²) in [6.45, 7) is 4.18. The molecule has 116 valence electrons. The average Bonchev–Trinajstić information content (AvgIpc) is 3.00. The van der Waals surface area contributed by atoms with Crippen molar-refractivity contribution in [3.05, 3.63) is 48.3 Å². The van der Waals surface area contributed by atoms with E-state index in [0.717, 1.165) is 36.8 Å². The number of nitrogens with zero attached hydrogens (tertiary/aromatic N) is 3. The summed E-state index contributed by atoms with van der Waals surface area (Å²) in [4.78, 5) is 10.8. The molecule has 5 heteroatoms. The van der Waals surface area contributed by atoms with Crippen molar-refractivity contribution in [2.24, 2.45) is 0 Å². The van der Waals surface area contributed by atoms with Crippen LogP contribution in [0.2, 0.25) is 0 Å². The second-order valence-corrected chi connectivity index (χ2v) is 5.66. The van der Waals surface area contributed by atoms with E-state index in [0.29, 0.717) is 6.61 Å². The first-order chi connectivity index (χ1) is 10.7. The lowest BCUT2D eigenvalue weighted by atomic mass is 10.0. The van der Waals surface area contributed by atoms with Crippen molar-refractivity contribution in [1.29, 1.82) is 0 Å². The molecular weight excluding hydrogens is 278 g/mol. The van der Waals surface area contributed by atoms with Crippen LogP contribution in [-0.2, 0) is 4.74 Å². The number of benzene rings is 1. The summed E-state index contributed by atoms with van der Waals surface area (Å²) in [5, 5.41) is 0. The van der Waals surface area contributed by atoms with E-state index in [2.05, 4.69) is 14.9 Å². The zero-order valence-electron chi connectivity index (χ0n) is 13.0. The second-order valence-electron chi connectivity index (χ2n) is 5.66. The number of aromatic nitrogens is 2. The van der Waals surface area contributed by atoms with Gasteiger partial charge in [-0.1, -0.05) is 18.2 Å². The molecule has 1 aromatic carbocycles. The third-order valence-electron chi connectivity index (χ3n) is 4.17. The Kier molecular flexibility index (Phi) is 4.24. The molecule has 1 aliphatic heterocycles. The maximum Gasteiger partial charge on any atom is 0.225 e. The van der Waals surface area contributed by atoms with E-state index in [1.165, 1.54) is 0 Å². The van der Waals surface area contributed by atoms with Crippen molar-refractivity contribution < 1.29 is 9.47 Å². The fourth-order valence-corrected chi connectivity index (χ4v) is 2.74. The molecule has 2 heterocycles. The van der Waals surface area contributed by atoms with Crippen molar-refractivity contribution in [3.63, 3.8) is 0 Å². The van der Waals surface area contributed by atoms with Gasteiger partial charge in [-0.2, -0.15) is 0 Å². The van der Waals surface area contributed by atoms with Crippen molar-refractivity contribution >= 4 is 5.95 Å². The summed E-state index contributed by atoms with van der Waals surface area (Å²) < 4.78 is 11.8. The normalized spacial score (nSPS) is 21.1. The molecule has 0 amide bonds. The van der Waals surface area contributed by atoms with Gasteiger partial charge in [-0.3, -0.25) is 0 Å². The van der Waals surface area contributed by atoms with Gasteiger partial charge in [0.2, 0.25) is 5.95 Å². The summed E-state index contributed by atoms with van der Waals surface area (Å²) in [6, 6.07) is 9.86. The lowest BCUT2D eigenvalue weighted by Crippen LogP contribution is -2.41. The van der Waals surface area contributed by atoms with Crippen LogP contribution in [0.5, 0.6) is 5.75 Å². The topological polar surface area (TPSA) is 47.5 Å². The smallest absolute Gasteiger partial charge is 0.225 e. The van der Waals surface area contributed by atoms with Gasteiger partial charge in [0.15, 0.2) is 0 Å². The molecule has 0 unspecified atom stereocenters. The molecule has 0 saturated carbocycles. The fourth-order valence-electron chi connectivity index (χ4n) is 2.74. The molecule has 1 fully saturated rings. The van der Waals surface area contributed by atoms with Crippen LogP contribution in [0.4, 0.5) is 5.95 Å². The van der Waals surface area contributed by atoms with Crippen LogP contribution in [0.25, 0.3) is 0 Å². The van der Waals surface area contributed by atoms with Gasteiger partial charge in [0.1, 0.15) is 18.0 Å². The Morgan fingerprint density at radius 1 is 1.18 bits per heavy atom. The fraction of sp³-hybridized carbons (Fsp3) is 0.412. The number of methoxy groups -OCH3 is 1. The average molecular weight is 299 g/mol. The van der Waals surface area contributed by atoms with Gasteiger partial charge in [-0.15, -0.1) is 0 Å². The summed E-state index contributed by atoms with van der Waals surface area (Å²) >= 11 is 0. The van der Waals surface area contributed by atoms with Crippen LogP contribution in [0.3, 0.4) is 0 Å². The van der Waals surface area contributed by atoms with E-state index in [9.17, 15) is 0 Å². The summed E-state index contributed by atoms with van der Waals surface area (Å²) in [7, 11) is 1.75. The SMILES string of the molecule is CO[C@@]1(COc2ccccc2C)CCN(c2ncccn2)C1. The Morgan fingerprint density at radius 3 is 2.68 bits per heavy atom. The van der Waals surface area contributed by atoms with E-state index in [4.69, 9.17) is 9.47 Å². The first kappa shape index (κ1) is 14.8. The van der Waals surface area contributed by atoms with E-state index in [1.54, 1.807) is 19.5 Å². The minimum atomic E-state index is -0.318. The van der Waals surface area contributed by atoms with Crippen LogP contribution in [0, 0.1) is 6.92 Å². The molecule has 22 heavy (non-hydrogen) atoms. The van der Waals surface area contributed by atoms with Crippen LogP contribution in [-0.4, -0.2) is 42.4 Å². The zero-order valence-corrected chi connectivity index (χ0v) is 13.0. The third-order valence-corrected chi connectivity index (χ3v) is 4.17. The van der Waals surface area contributed by atoms with Crippen LogP contribution >= 0.6 is 0 Å². The number of anilines is 1. The third kappa shape index (κ3) is 3.04. The first-order valence-electron chi connectivity index (χ1n) is 7.48. The number of hydrogen-bond acceptors (Lipinski definition) is 5. The van der Waals surface area contributed by atoms with E-state index < -0.39 is 0 Å². The molecule has 5 nitrogen and oxygen atoms in total. The molecule has 3 rings (SSSR count). The maximum absolute atomic E-state index is 6.01. The van der Waals surface area contributed by atoms with Crippen molar-refractivity contribution in [2.45, 2.75) is 18.9 Å². The lowest BCUT2D eigenvalue weighted by Gasteiger charge is -2.28. The van der Waals surface area contributed by atoms with Gasteiger partial charge in [0, 0.05) is 26.0 Å². The summed E-state index contributed by atoms with van der Waals surface area (Å²) in [6.07, 6.45) is 4.42. The van der Waals surface area contributed by atoms with Crippen molar-refractivity contribution in [2.75, 3.05) is 31.7 Å². The minimum absolute atomic E-state index is 0.318. The molecule has 1 atom stereocenters. The molecule has 1 aliphatic rings. The highest BCUT2D eigenvalue weighted by atomic mass is 16.5. The number of hydrogen-bond donors (Lipinski definition) is 0. The van der Waals surface area contributed by atoms with Gasteiger partial charge in [0.05, 0.1) is 6.54 Å². The number of rotatable bonds is 5. The summed E-state index contributed by atoms with van der Waals surface area (Å²) in [5.41, 5.74) is 0.816.